The Bertz CT molecular complexity index is 444. The smallest absolute Gasteiger partial charge is 0.123 e. The molecule has 0 spiro atoms. The molecule has 1 unspecified atom stereocenters. The maximum atomic E-state index is 12.7. The van der Waals surface area contributed by atoms with Crippen LogP contribution in [0.4, 0.5) is 4.39 Å². The second-order valence-corrected chi connectivity index (χ2v) is 5.65. The summed E-state index contributed by atoms with van der Waals surface area (Å²) in [7, 11) is 0. The van der Waals surface area contributed by atoms with Gasteiger partial charge < -0.3 is 5.11 Å². The Hall–Kier alpha value is -0.910. The Morgan fingerprint density at radius 3 is 2.76 bits per heavy atom. The molecule has 1 aromatic heterocycles. The fourth-order valence-corrected chi connectivity index (χ4v) is 2.86. The number of aromatic nitrogens is 1. The minimum atomic E-state index is -0.398. The molecule has 1 aromatic carbocycles. The Morgan fingerprint density at radius 1 is 1.35 bits per heavy atom. The van der Waals surface area contributed by atoms with Crippen molar-refractivity contribution in [3.63, 3.8) is 0 Å². The van der Waals surface area contributed by atoms with Crippen LogP contribution in [0.1, 0.15) is 4.88 Å². The molecule has 90 valence electrons. The average Bonchev–Trinajstić information content (AvgIpc) is 2.81. The highest BCUT2D eigenvalue weighted by Gasteiger charge is 2.07. The first-order valence-electron chi connectivity index (χ1n) is 5.18. The highest BCUT2D eigenvalue weighted by atomic mass is 32.2. The van der Waals surface area contributed by atoms with Crippen LogP contribution in [-0.4, -0.2) is 21.9 Å². The average molecular weight is 269 g/mol. The molecule has 0 aliphatic heterocycles. The first-order chi connectivity index (χ1) is 8.24. The topological polar surface area (TPSA) is 33.1 Å². The van der Waals surface area contributed by atoms with Gasteiger partial charge in [0.1, 0.15) is 5.82 Å². The molecule has 1 N–H and O–H groups in total. The number of aliphatic hydroxyl groups excluding tert-OH is 1. The van der Waals surface area contributed by atoms with Gasteiger partial charge in [0.2, 0.25) is 0 Å². The van der Waals surface area contributed by atoms with Crippen LogP contribution < -0.4 is 0 Å². The summed E-state index contributed by atoms with van der Waals surface area (Å²) in [4.78, 5) is 6.01. The molecule has 0 aliphatic rings. The molecule has 0 aliphatic carbocycles. The molecular formula is C12H12FNOS2. The number of halogens is 1. The van der Waals surface area contributed by atoms with Crippen molar-refractivity contribution in [2.75, 3.05) is 5.75 Å². The quantitative estimate of drug-likeness (QED) is 0.847. The predicted molar refractivity (Wildman–Crippen MR) is 68.9 cm³/mol. The first kappa shape index (κ1) is 12.5. The van der Waals surface area contributed by atoms with E-state index in [2.05, 4.69) is 4.98 Å². The molecule has 0 radical (unpaired) electrons. The third-order valence-corrected chi connectivity index (χ3v) is 4.14. The number of hydrogen-bond donors (Lipinski definition) is 1. The van der Waals surface area contributed by atoms with E-state index in [9.17, 15) is 9.50 Å². The Kier molecular flexibility index (Phi) is 4.53. The van der Waals surface area contributed by atoms with Crippen molar-refractivity contribution < 1.29 is 9.50 Å². The molecular weight excluding hydrogens is 257 g/mol. The summed E-state index contributed by atoms with van der Waals surface area (Å²) in [6.07, 6.45) is 2.00. The first-order valence-corrected chi connectivity index (χ1v) is 7.04. The van der Waals surface area contributed by atoms with Gasteiger partial charge in [-0.25, -0.2) is 4.39 Å². The van der Waals surface area contributed by atoms with E-state index in [-0.39, 0.29) is 5.82 Å². The van der Waals surface area contributed by atoms with Gasteiger partial charge in [-0.05, 0) is 24.3 Å². The van der Waals surface area contributed by atoms with E-state index >= 15 is 0 Å². The van der Waals surface area contributed by atoms with Crippen LogP contribution in [0.5, 0.6) is 0 Å². The highest BCUT2D eigenvalue weighted by molar-refractivity contribution is 7.99. The van der Waals surface area contributed by atoms with Crippen LogP contribution in [0.25, 0.3) is 0 Å². The van der Waals surface area contributed by atoms with Gasteiger partial charge in [0.25, 0.3) is 0 Å². The van der Waals surface area contributed by atoms with E-state index in [0.717, 1.165) is 9.77 Å². The van der Waals surface area contributed by atoms with Crippen molar-refractivity contribution in [2.24, 2.45) is 0 Å². The number of rotatable bonds is 5. The predicted octanol–water partition coefficient (Wildman–Crippen LogP) is 2.98. The van der Waals surface area contributed by atoms with Gasteiger partial charge >= 0.3 is 0 Å². The molecule has 5 heteroatoms. The lowest BCUT2D eigenvalue weighted by atomic mass is 10.3. The number of benzene rings is 1. The molecule has 0 saturated heterocycles. The van der Waals surface area contributed by atoms with Crippen LogP contribution >= 0.6 is 23.1 Å². The lowest BCUT2D eigenvalue weighted by Crippen LogP contribution is -2.12. The van der Waals surface area contributed by atoms with Crippen LogP contribution in [-0.2, 0) is 6.42 Å². The van der Waals surface area contributed by atoms with Gasteiger partial charge in [-0.2, -0.15) is 0 Å². The molecule has 0 bridgehead atoms. The number of aliphatic hydroxyl groups is 1. The van der Waals surface area contributed by atoms with Crippen LogP contribution in [0, 0.1) is 5.82 Å². The van der Waals surface area contributed by atoms with E-state index in [0.29, 0.717) is 12.2 Å². The summed E-state index contributed by atoms with van der Waals surface area (Å²) >= 11 is 3.07. The largest absolute Gasteiger partial charge is 0.392 e. The zero-order chi connectivity index (χ0) is 12.1. The molecule has 0 amide bonds. The number of thioether (sulfide) groups is 1. The minimum absolute atomic E-state index is 0.237. The van der Waals surface area contributed by atoms with Crippen molar-refractivity contribution in [1.29, 1.82) is 0 Å². The minimum Gasteiger partial charge on any atom is -0.392 e. The maximum Gasteiger partial charge on any atom is 0.123 e. The maximum absolute atomic E-state index is 12.7. The summed E-state index contributed by atoms with van der Waals surface area (Å²) in [5, 5.41) is 9.82. The zero-order valence-electron chi connectivity index (χ0n) is 9.04. The van der Waals surface area contributed by atoms with E-state index < -0.39 is 6.10 Å². The van der Waals surface area contributed by atoms with Crippen molar-refractivity contribution in [2.45, 2.75) is 17.4 Å². The monoisotopic (exact) mass is 269 g/mol. The van der Waals surface area contributed by atoms with Gasteiger partial charge in [-0.3, -0.25) is 4.98 Å². The van der Waals surface area contributed by atoms with Gasteiger partial charge in [-0.15, -0.1) is 23.1 Å². The normalized spacial score (nSPS) is 12.6. The lowest BCUT2D eigenvalue weighted by Gasteiger charge is -2.08. The van der Waals surface area contributed by atoms with E-state index in [1.807, 2.05) is 0 Å². The van der Waals surface area contributed by atoms with E-state index in [1.165, 1.54) is 23.9 Å². The molecule has 2 rings (SSSR count). The molecule has 17 heavy (non-hydrogen) atoms. The van der Waals surface area contributed by atoms with E-state index in [4.69, 9.17) is 0 Å². The summed E-state index contributed by atoms with van der Waals surface area (Å²) in [6.45, 7) is 0. The van der Waals surface area contributed by atoms with Crippen LogP contribution in [0.3, 0.4) is 0 Å². The van der Waals surface area contributed by atoms with Crippen molar-refractivity contribution in [3.05, 3.63) is 46.7 Å². The molecule has 0 saturated carbocycles. The number of thiazole rings is 1. The summed E-state index contributed by atoms with van der Waals surface area (Å²) in [5.74, 6) is 0.364. The molecule has 1 atom stereocenters. The summed E-state index contributed by atoms with van der Waals surface area (Å²) < 4.78 is 12.7. The Labute approximate surface area is 108 Å². The van der Waals surface area contributed by atoms with Crippen LogP contribution in [0.15, 0.2) is 40.9 Å². The van der Waals surface area contributed by atoms with Crippen molar-refractivity contribution in [1.82, 2.24) is 4.98 Å². The Morgan fingerprint density at radius 2 is 2.12 bits per heavy atom. The fraction of sp³-hybridized carbons (Fsp3) is 0.250. The third kappa shape index (κ3) is 4.11. The second-order valence-electron chi connectivity index (χ2n) is 3.59. The SMILES string of the molecule is OC(CSc1ccc(F)cc1)Cc1cncs1. The molecule has 2 aromatic rings. The number of hydrogen-bond acceptors (Lipinski definition) is 4. The van der Waals surface area contributed by atoms with Gasteiger partial charge in [0.15, 0.2) is 0 Å². The Balaban J connectivity index is 1.79. The summed E-state index contributed by atoms with van der Waals surface area (Å²) in [6, 6.07) is 6.30. The van der Waals surface area contributed by atoms with Gasteiger partial charge in [0, 0.05) is 28.1 Å². The van der Waals surface area contributed by atoms with Crippen LogP contribution in [0.2, 0.25) is 0 Å². The third-order valence-electron chi connectivity index (χ3n) is 2.18. The molecule has 2 nitrogen and oxygen atoms in total. The zero-order valence-corrected chi connectivity index (χ0v) is 10.7. The van der Waals surface area contributed by atoms with Crippen molar-refractivity contribution in [3.8, 4) is 0 Å². The number of nitrogens with zero attached hydrogens (tertiary/aromatic N) is 1. The molecule has 1 heterocycles. The summed E-state index contributed by atoms with van der Waals surface area (Å²) in [5.41, 5.74) is 1.76. The second kappa shape index (κ2) is 6.14. The van der Waals surface area contributed by atoms with E-state index in [1.54, 1.807) is 35.2 Å². The lowest BCUT2D eigenvalue weighted by molar-refractivity contribution is 0.201. The van der Waals surface area contributed by atoms with Crippen molar-refractivity contribution >= 4 is 23.1 Å². The van der Waals surface area contributed by atoms with Gasteiger partial charge in [0.05, 0.1) is 11.6 Å². The highest BCUT2D eigenvalue weighted by Crippen LogP contribution is 2.20. The molecule has 0 fully saturated rings. The van der Waals surface area contributed by atoms with Gasteiger partial charge in [-0.1, -0.05) is 0 Å². The standard InChI is InChI=1S/C12H12FNOS2/c13-9-1-3-11(4-2-9)16-7-10(15)5-12-6-14-8-17-12/h1-4,6,8,10,15H,5,7H2. The fourth-order valence-electron chi connectivity index (χ4n) is 1.36.